The molecule has 0 aliphatic rings. The zero-order chi connectivity index (χ0) is 16.7. The van der Waals surface area contributed by atoms with E-state index in [-0.39, 0.29) is 18.4 Å². The molecule has 0 spiro atoms. The third kappa shape index (κ3) is 6.16. The van der Waals surface area contributed by atoms with Crippen molar-refractivity contribution in [2.24, 2.45) is 0 Å². The van der Waals surface area contributed by atoms with Gasteiger partial charge in [0, 0.05) is 10.5 Å². The third-order valence-corrected chi connectivity index (χ3v) is 4.40. The average Bonchev–Trinajstić information content (AvgIpc) is 2.50. The van der Waals surface area contributed by atoms with Crippen molar-refractivity contribution in [3.8, 4) is 0 Å². The number of halogens is 1. The van der Waals surface area contributed by atoms with Crippen LogP contribution in [0.3, 0.4) is 0 Å². The summed E-state index contributed by atoms with van der Waals surface area (Å²) in [6.45, 7) is 1.97. The van der Waals surface area contributed by atoms with E-state index in [0.29, 0.717) is 6.42 Å². The van der Waals surface area contributed by atoms with Crippen LogP contribution in [0.4, 0.5) is 0 Å². The predicted molar refractivity (Wildman–Crippen MR) is 96.2 cm³/mol. The largest absolute Gasteiger partial charge is 0.392 e. The molecule has 0 saturated carbocycles. The van der Waals surface area contributed by atoms with Crippen molar-refractivity contribution in [1.82, 2.24) is 5.32 Å². The molecule has 2 aromatic carbocycles. The Morgan fingerprint density at radius 1 is 1.09 bits per heavy atom. The van der Waals surface area contributed by atoms with Gasteiger partial charge in [0.25, 0.3) is 0 Å². The van der Waals surface area contributed by atoms with Gasteiger partial charge < -0.3 is 10.4 Å². The van der Waals surface area contributed by atoms with Crippen LogP contribution in [0.1, 0.15) is 24.5 Å². The minimum Gasteiger partial charge on any atom is -0.392 e. The first-order chi connectivity index (χ1) is 11.0. The van der Waals surface area contributed by atoms with Crippen molar-refractivity contribution in [2.75, 3.05) is 0 Å². The summed E-state index contributed by atoms with van der Waals surface area (Å²) in [5.41, 5.74) is 2.19. The Labute approximate surface area is 145 Å². The second kappa shape index (κ2) is 8.85. The number of hydrogen-bond donors (Lipinski definition) is 2. The van der Waals surface area contributed by atoms with E-state index in [2.05, 4.69) is 21.2 Å². The monoisotopic (exact) mass is 375 g/mol. The molecular formula is C19H22BrNO2. The predicted octanol–water partition coefficient (Wildman–Crippen LogP) is 3.49. The number of amides is 1. The zero-order valence-corrected chi connectivity index (χ0v) is 14.8. The van der Waals surface area contributed by atoms with Crippen molar-refractivity contribution in [1.29, 1.82) is 0 Å². The molecule has 0 aromatic heterocycles. The normalized spacial score (nSPS) is 13.3. The SMILES string of the molecule is C[C@@H](Cc1ccccc1Br)NC(=O)C[C@H](O)Cc1ccccc1. The lowest BCUT2D eigenvalue weighted by atomic mass is 10.0. The lowest BCUT2D eigenvalue weighted by Gasteiger charge is -2.16. The molecular weight excluding hydrogens is 354 g/mol. The molecule has 2 aromatic rings. The van der Waals surface area contributed by atoms with Crippen LogP contribution < -0.4 is 5.32 Å². The maximum atomic E-state index is 12.0. The van der Waals surface area contributed by atoms with Crippen LogP contribution in [0, 0.1) is 0 Å². The maximum absolute atomic E-state index is 12.0. The van der Waals surface area contributed by atoms with Gasteiger partial charge in [-0.25, -0.2) is 0 Å². The Balaban J connectivity index is 1.78. The summed E-state index contributed by atoms with van der Waals surface area (Å²) in [6.07, 6.45) is 0.706. The molecule has 0 aliphatic carbocycles. The standard InChI is InChI=1S/C19H22BrNO2/c1-14(11-16-9-5-6-10-18(16)20)21-19(23)13-17(22)12-15-7-3-2-4-8-15/h2-10,14,17,22H,11-13H2,1H3,(H,21,23)/t14-,17+/m0/s1. The number of hydrogen-bond acceptors (Lipinski definition) is 2. The lowest BCUT2D eigenvalue weighted by molar-refractivity contribution is -0.123. The van der Waals surface area contributed by atoms with Gasteiger partial charge in [0.2, 0.25) is 5.91 Å². The van der Waals surface area contributed by atoms with Gasteiger partial charge in [-0.3, -0.25) is 4.79 Å². The summed E-state index contributed by atoms with van der Waals surface area (Å²) in [7, 11) is 0. The summed E-state index contributed by atoms with van der Waals surface area (Å²) in [5, 5.41) is 13.0. The van der Waals surface area contributed by atoms with E-state index in [1.54, 1.807) is 0 Å². The quantitative estimate of drug-likeness (QED) is 0.777. The summed E-state index contributed by atoms with van der Waals surface area (Å²) in [5.74, 6) is -0.118. The Morgan fingerprint density at radius 2 is 1.74 bits per heavy atom. The van der Waals surface area contributed by atoms with E-state index >= 15 is 0 Å². The average molecular weight is 376 g/mol. The number of carbonyl (C=O) groups excluding carboxylic acids is 1. The second-order valence-electron chi connectivity index (χ2n) is 5.81. The highest BCUT2D eigenvalue weighted by molar-refractivity contribution is 9.10. The second-order valence-corrected chi connectivity index (χ2v) is 6.67. The zero-order valence-electron chi connectivity index (χ0n) is 13.2. The van der Waals surface area contributed by atoms with Gasteiger partial charge in [-0.05, 0) is 37.0 Å². The summed E-state index contributed by atoms with van der Waals surface area (Å²) < 4.78 is 1.05. The molecule has 0 unspecified atom stereocenters. The number of carbonyl (C=O) groups is 1. The molecule has 1 amide bonds. The Hall–Kier alpha value is -1.65. The summed E-state index contributed by atoms with van der Waals surface area (Å²) in [4.78, 5) is 12.0. The third-order valence-electron chi connectivity index (χ3n) is 3.63. The van der Waals surface area contributed by atoms with Crippen LogP contribution in [0.5, 0.6) is 0 Å². The molecule has 0 aliphatic heterocycles. The van der Waals surface area contributed by atoms with E-state index in [0.717, 1.165) is 22.0 Å². The van der Waals surface area contributed by atoms with Crippen molar-refractivity contribution >= 4 is 21.8 Å². The first-order valence-electron chi connectivity index (χ1n) is 7.79. The van der Waals surface area contributed by atoms with E-state index in [4.69, 9.17) is 0 Å². The molecule has 0 heterocycles. The van der Waals surface area contributed by atoms with E-state index < -0.39 is 6.10 Å². The minimum absolute atomic E-state index is 0.0186. The molecule has 2 atom stereocenters. The van der Waals surface area contributed by atoms with Gasteiger partial charge in [-0.15, -0.1) is 0 Å². The highest BCUT2D eigenvalue weighted by Crippen LogP contribution is 2.17. The number of rotatable bonds is 7. The van der Waals surface area contributed by atoms with Crippen LogP contribution >= 0.6 is 15.9 Å². The molecule has 4 heteroatoms. The fourth-order valence-electron chi connectivity index (χ4n) is 2.55. The van der Waals surface area contributed by atoms with Gasteiger partial charge >= 0.3 is 0 Å². The van der Waals surface area contributed by atoms with Gasteiger partial charge in [-0.2, -0.15) is 0 Å². The Bertz CT molecular complexity index is 630. The van der Waals surface area contributed by atoms with Gasteiger partial charge in [0.05, 0.1) is 12.5 Å². The van der Waals surface area contributed by atoms with Gasteiger partial charge in [0.1, 0.15) is 0 Å². The number of aliphatic hydroxyl groups excluding tert-OH is 1. The first-order valence-corrected chi connectivity index (χ1v) is 8.58. The fraction of sp³-hybridized carbons (Fsp3) is 0.316. The lowest BCUT2D eigenvalue weighted by Crippen LogP contribution is -2.36. The van der Waals surface area contributed by atoms with Crippen LogP contribution in [0.25, 0.3) is 0 Å². The summed E-state index contributed by atoms with van der Waals surface area (Å²) in [6, 6.07) is 17.7. The topological polar surface area (TPSA) is 49.3 Å². The van der Waals surface area contributed by atoms with E-state index in [9.17, 15) is 9.90 Å². The molecule has 3 nitrogen and oxygen atoms in total. The maximum Gasteiger partial charge on any atom is 0.222 e. The summed E-state index contributed by atoms with van der Waals surface area (Å²) >= 11 is 3.52. The van der Waals surface area contributed by atoms with Gasteiger partial charge in [-0.1, -0.05) is 64.5 Å². The van der Waals surface area contributed by atoms with Crippen LogP contribution in [0.2, 0.25) is 0 Å². The molecule has 122 valence electrons. The highest BCUT2D eigenvalue weighted by atomic mass is 79.9. The molecule has 0 saturated heterocycles. The van der Waals surface area contributed by atoms with Crippen molar-refractivity contribution in [3.05, 3.63) is 70.2 Å². The molecule has 0 bridgehead atoms. The smallest absolute Gasteiger partial charge is 0.222 e. The number of aliphatic hydroxyl groups is 1. The van der Waals surface area contributed by atoms with Crippen LogP contribution in [-0.2, 0) is 17.6 Å². The van der Waals surface area contributed by atoms with Crippen molar-refractivity contribution in [2.45, 2.75) is 38.3 Å². The minimum atomic E-state index is -0.659. The highest BCUT2D eigenvalue weighted by Gasteiger charge is 2.14. The fourth-order valence-corrected chi connectivity index (χ4v) is 3.00. The molecule has 2 rings (SSSR count). The van der Waals surface area contributed by atoms with Crippen LogP contribution in [0.15, 0.2) is 59.1 Å². The number of benzene rings is 2. The number of nitrogens with one attached hydrogen (secondary N) is 1. The van der Waals surface area contributed by atoms with Crippen molar-refractivity contribution < 1.29 is 9.90 Å². The van der Waals surface area contributed by atoms with Gasteiger partial charge in [0.15, 0.2) is 0 Å². The Kier molecular flexibility index (Phi) is 6.81. The molecule has 23 heavy (non-hydrogen) atoms. The van der Waals surface area contributed by atoms with Crippen molar-refractivity contribution in [3.63, 3.8) is 0 Å². The molecule has 2 N–H and O–H groups in total. The van der Waals surface area contributed by atoms with E-state index in [1.807, 2.05) is 61.5 Å². The van der Waals surface area contributed by atoms with Crippen LogP contribution in [-0.4, -0.2) is 23.2 Å². The first kappa shape index (κ1) is 17.7. The van der Waals surface area contributed by atoms with E-state index in [1.165, 1.54) is 0 Å². The Morgan fingerprint density at radius 3 is 2.43 bits per heavy atom. The molecule has 0 fully saturated rings. The molecule has 0 radical (unpaired) electrons.